The van der Waals surface area contributed by atoms with Crippen LogP contribution in [0.4, 0.5) is 0 Å². The van der Waals surface area contributed by atoms with Crippen molar-refractivity contribution in [3.8, 4) is 5.75 Å². The molecule has 8 heteroatoms. The van der Waals surface area contributed by atoms with Crippen LogP contribution in [-0.4, -0.2) is 47.6 Å². The second-order valence-corrected chi connectivity index (χ2v) is 8.02. The Morgan fingerprint density at radius 2 is 2.10 bits per heavy atom. The Labute approximate surface area is 185 Å². The fraction of sp³-hybridized carbons (Fsp3) is 0.391. The molecule has 2 aliphatic heterocycles. The van der Waals surface area contributed by atoms with Crippen molar-refractivity contribution in [2.24, 2.45) is 0 Å². The number of amides is 1. The monoisotopic (exact) mass is 445 g/mol. The first-order chi connectivity index (χ1) is 14.9. The Bertz CT molecular complexity index is 1040. The molecule has 0 bridgehead atoms. The molecule has 1 aromatic heterocycles. The van der Waals surface area contributed by atoms with Crippen molar-refractivity contribution in [3.05, 3.63) is 58.0 Å². The van der Waals surface area contributed by atoms with Gasteiger partial charge in [0.1, 0.15) is 29.1 Å². The van der Waals surface area contributed by atoms with Gasteiger partial charge in [0.15, 0.2) is 0 Å². The van der Waals surface area contributed by atoms with Gasteiger partial charge in [-0.25, -0.2) is 0 Å². The first-order valence-electron chi connectivity index (χ1n) is 10.3. The van der Waals surface area contributed by atoms with Crippen LogP contribution in [0, 0.1) is 6.92 Å². The molecule has 0 aliphatic carbocycles. The molecule has 1 amide bonds. The van der Waals surface area contributed by atoms with Crippen LogP contribution in [0.15, 0.2) is 40.3 Å². The lowest BCUT2D eigenvalue weighted by molar-refractivity contribution is -0.141. The first-order valence-corrected chi connectivity index (χ1v) is 10.7. The number of hydrogen-bond acceptors (Lipinski definition) is 6. The lowest BCUT2D eigenvalue weighted by atomic mass is 9.99. The van der Waals surface area contributed by atoms with E-state index in [9.17, 15) is 14.7 Å². The molecule has 1 N–H and O–H groups in total. The third-order valence-corrected chi connectivity index (χ3v) is 5.81. The average Bonchev–Trinajstić information content (AvgIpc) is 3.47. The number of likely N-dealkylation sites (tertiary alicyclic amines) is 1. The Morgan fingerprint density at radius 1 is 1.29 bits per heavy atom. The van der Waals surface area contributed by atoms with E-state index in [0.29, 0.717) is 41.1 Å². The summed E-state index contributed by atoms with van der Waals surface area (Å²) in [6.07, 6.45) is 1.56. The Balaban J connectivity index is 1.80. The van der Waals surface area contributed by atoms with Gasteiger partial charge in [0.2, 0.25) is 0 Å². The van der Waals surface area contributed by atoms with Gasteiger partial charge in [0, 0.05) is 18.7 Å². The van der Waals surface area contributed by atoms with E-state index in [2.05, 4.69) is 0 Å². The summed E-state index contributed by atoms with van der Waals surface area (Å²) in [4.78, 5) is 27.4. The number of aryl methyl sites for hydroxylation is 1. The highest BCUT2D eigenvalue weighted by Crippen LogP contribution is 2.41. The largest absolute Gasteiger partial charge is 0.507 e. The van der Waals surface area contributed by atoms with Gasteiger partial charge < -0.3 is 23.9 Å². The number of ether oxygens (including phenoxy) is 2. The van der Waals surface area contributed by atoms with Crippen molar-refractivity contribution in [1.29, 1.82) is 0 Å². The van der Waals surface area contributed by atoms with Gasteiger partial charge in [0.05, 0.1) is 23.3 Å². The number of Topliss-reactive ketones (excluding diaryl/α,β-unsaturated/α-hetero) is 1. The number of aliphatic hydroxyl groups excluding tert-OH is 1. The van der Waals surface area contributed by atoms with Crippen molar-refractivity contribution in [3.63, 3.8) is 0 Å². The molecule has 0 radical (unpaired) electrons. The van der Waals surface area contributed by atoms with E-state index in [1.54, 1.807) is 37.3 Å². The van der Waals surface area contributed by atoms with Crippen molar-refractivity contribution in [2.45, 2.75) is 38.8 Å². The van der Waals surface area contributed by atoms with E-state index in [1.165, 1.54) is 4.90 Å². The second-order valence-electron chi connectivity index (χ2n) is 7.61. The van der Waals surface area contributed by atoms with Crippen LogP contribution in [0.25, 0.3) is 5.76 Å². The molecule has 31 heavy (non-hydrogen) atoms. The normalized spacial score (nSPS) is 23.0. The zero-order chi connectivity index (χ0) is 22.1. The predicted molar refractivity (Wildman–Crippen MR) is 114 cm³/mol. The lowest BCUT2D eigenvalue weighted by Crippen LogP contribution is -2.36. The summed E-state index contributed by atoms with van der Waals surface area (Å²) in [7, 11) is 0. The van der Waals surface area contributed by atoms with Crippen molar-refractivity contribution in [2.75, 3.05) is 19.8 Å². The molecule has 7 nitrogen and oxygen atoms in total. The SMILES string of the molecule is CCOc1cc(/C(O)=C2/C(=O)C(=O)N(CC3CCCO3)C2c2ccc(C)o2)ccc1Cl. The van der Waals surface area contributed by atoms with Gasteiger partial charge in [-0.05, 0) is 57.0 Å². The van der Waals surface area contributed by atoms with Crippen LogP contribution in [0.2, 0.25) is 5.02 Å². The molecule has 2 unspecified atom stereocenters. The van der Waals surface area contributed by atoms with Crippen LogP contribution in [-0.2, 0) is 14.3 Å². The van der Waals surface area contributed by atoms with E-state index in [0.717, 1.165) is 12.8 Å². The summed E-state index contributed by atoms with van der Waals surface area (Å²) < 4.78 is 17.0. The zero-order valence-electron chi connectivity index (χ0n) is 17.4. The fourth-order valence-electron chi connectivity index (χ4n) is 4.04. The molecular weight excluding hydrogens is 422 g/mol. The van der Waals surface area contributed by atoms with E-state index in [-0.39, 0.29) is 24.0 Å². The number of benzene rings is 1. The summed E-state index contributed by atoms with van der Waals surface area (Å²) in [5.41, 5.74) is 0.304. The number of carbonyl (C=O) groups is 2. The number of halogens is 1. The Kier molecular flexibility index (Phi) is 6.07. The van der Waals surface area contributed by atoms with Crippen LogP contribution in [0.5, 0.6) is 5.75 Å². The average molecular weight is 446 g/mol. The van der Waals surface area contributed by atoms with Gasteiger partial charge in [0.25, 0.3) is 11.7 Å². The molecule has 0 saturated carbocycles. The molecule has 4 rings (SSSR count). The number of rotatable bonds is 6. The number of ketones is 1. The van der Waals surface area contributed by atoms with Gasteiger partial charge in [-0.2, -0.15) is 0 Å². The summed E-state index contributed by atoms with van der Waals surface area (Å²) in [5, 5.41) is 11.5. The second kappa shape index (κ2) is 8.77. The fourth-order valence-corrected chi connectivity index (χ4v) is 4.22. The Morgan fingerprint density at radius 3 is 2.74 bits per heavy atom. The molecular formula is C23H24ClNO6. The third kappa shape index (κ3) is 4.07. The van der Waals surface area contributed by atoms with Gasteiger partial charge in [-0.3, -0.25) is 9.59 Å². The first kappa shape index (κ1) is 21.5. The topological polar surface area (TPSA) is 89.2 Å². The molecule has 2 atom stereocenters. The maximum atomic E-state index is 13.0. The molecule has 2 aromatic rings. The molecule has 3 heterocycles. The molecule has 1 aromatic carbocycles. The minimum Gasteiger partial charge on any atom is -0.507 e. The number of carbonyl (C=O) groups excluding carboxylic acids is 2. The van der Waals surface area contributed by atoms with Crippen LogP contribution in [0.1, 0.15) is 42.9 Å². The molecule has 2 fully saturated rings. The standard InChI is InChI=1S/C23H24ClNO6/c1-3-29-18-11-14(7-8-16(18)24)21(26)19-20(17-9-6-13(2)31-17)25(23(28)22(19)27)12-15-5-4-10-30-15/h6-9,11,15,20,26H,3-5,10,12H2,1-2H3/b21-19-. The predicted octanol–water partition coefficient (Wildman–Crippen LogP) is 4.24. The number of hydrogen-bond donors (Lipinski definition) is 1. The smallest absolute Gasteiger partial charge is 0.295 e. The highest BCUT2D eigenvalue weighted by molar-refractivity contribution is 6.46. The van der Waals surface area contributed by atoms with Crippen molar-refractivity contribution in [1.82, 2.24) is 4.90 Å². The van der Waals surface area contributed by atoms with Crippen LogP contribution >= 0.6 is 11.6 Å². The quantitative estimate of drug-likeness (QED) is 0.406. The maximum absolute atomic E-state index is 13.0. The van der Waals surface area contributed by atoms with E-state index < -0.39 is 17.7 Å². The lowest BCUT2D eigenvalue weighted by Gasteiger charge is -2.25. The number of aliphatic hydroxyl groups is 1. The minimum atomic E-state index is -0.843. The molecule has 164 valence electrons. The third-order valence-electron chi connectivity index (χ3n) is 5.50. The van der Waals surface area contributed by atoms with E-state index >= 15 is 0 Å². The Hall–Kier alpha value is -2.77. The van der Waals surface area contributed by atoms with Gasteiger partial charge in [-0.1, -0.05) is 11.6 Å². The van der Waals surface area contributed by atoms with Gasteiger partial charge >= 0.3 is 0 Å². The van der Waals surface area contributed by atoms with Crippen molar-refractivity contribution < 1.29 is 28.6 Å². The number of furan rings is 1. The minimum absolute atomic E-state index is 0.0258. The van der Waals surface area contributed by atoms with Crippen LogP contribution in [0.3, 0.4) is 0 Å². The molecule has 2 saturated heterocycles. The highest BCUT2D eigenvalue weighted by Gasteiger charge is 2.48. The molecule has 2 aliphatic rings. The molecule has 0 spiro atoms. The summed E-state index contributed by atoms with van der Waals surface area (Å²) in [6, 6.07) is 7.35. The maximum Gasteiger partial charge on any atom is 0.295 e. The van der Waals surface area contributed by atoms with Crippen molar-refractivity contribution >= 4 is 29.1 Å². The van der Waals surface area contributed by atoms with E-state index in [1.807, 2.05) is 6.92 Å². The summed E-state index contributed by atoms with van der Waals surface area (Å²) in [5.74, 6) is -0.312. The van der Waals surface area contributed by atoms with E-state index in [4.69, 9.17) is 25.5 Å². The zero-order valence-corrected chi connectivity index (χ0v) is 18.1. The summed E-state index contributed by atoms with van der Waals surface area (Å²) >= 11 is 6.16. The number of nitrogens with zero attached hydrogens (tertiary/aromatic N) is 1. The summed E-state index contributed by atoms with van der Waals surface area (Å²) in [6.45, 7) is 4.87. The highest BCUT2D eigenvalue weighted by atomic mass is 35.5. The van der Waals surface area contributed by atoms with Crippen LogP contribution < -0.4 is 4.74 Å². The van der Waals surface area contributed by atoms with Gasteiger partial charge in [-0.15, -0.1) is 0 Å².